The van der Waals surface area contributed by atoms with Crippen LogP contribution in [0.25, 0.3) is 0 Å². The van der Waals surface area contributed by atoms with Crippen LogP contribution < -0.4 is 30.3 Å². The normalized spacial score (nSPS) is 10.8. The van der Waals surface area contributed by atoms with Crippen LogP contribution in [0.4, 0.5) is 0 Å². The molecule has 46 heavy (non-hydrogen) atoms. The molecule has 0 heterocycles. The fourth-order valence-corrected chi connectivity index (χ4v) is 7.95. The third-order valence-electron chi connectivity index (χ3n) is 6.51. The van der Waals surface area contributed by atoms with Crippen molar-refractivity contribution in [1.29, 1.82) is 0 Å². The van der Waals surface area contributed by atoms with Gasteiger partial charge in [0, 0.05) is 27.3 Å². The van der Waals surface area contributed by atoms with Crippen LogP contribution in [0.5, 0.6) is 11.5 Å². The summed E-state index contributed by atoms with van der Waals surface area (Å²) in [5, 5.41) is 40.4. The van der Waals surface area contributed by atoms with Gasteiger partial charge < -0.3 is 29.5 Å². The molecule has 0 amide bonds. The van der Waals surface area contributed by atoms with E-state index in [0.717, 1.165) is 0 Å². The van der Waals surface area contributed by atoms with Crippen LogP contribution >= 0.6 is 16.3 Å². The summed E-state index contributed by atoms with van der Waals surface area (Å²) < 4.78 is 12.9. The van der Waals surface area contributed by atoms with Gasteiger partial charge in [0.15, 0.2) is 16.3 Å². The molecule has 0 unspecified atom stereocenters. The number of benzene rings is 5. The number of hydrogen-bond donors (Lipinski definition) is 4. The Balaban J connectivity index is 1.54. The average Bonchev–Trinajstić information content (AvgIpc) is 3.06. The van der Waals surface area contributed by atoms with Crippen LogP contribution in [0.1, 0.15) is 41.4 Å². The fraction of sp³-hybridized carbons (Fsp3) is 0. The Bertz CT molecular complexity index is 1710. The van der Waals surface area contributed by atoms with E-state index in [1.165, 1.54) is 48.5 Å². The molecule has 10 nitrogen and oxygen atoms in total. The standard InChI is InChI=1S/C34H24O10P2/c35-31(36)21-6-1-12-27(16-21)45(28-13-2-7-22(17-28)32(37)38)43-25-10-5-11-26(20-25)44-46(29-14-3-8-23(18-29)33(39)40)30-15-4-9-24(19-30)34(41)42/h1-20H,(H,35,36)(H,37,38)(H,39,40)(H,41,42). The molecule has 4 N–H and O–H groups in total. The molecule has 0 radical (unpaired) electrons. The van der Waals surface area contributed by atoms with Gasteiger partial charge in [0.05, 0.1) is 22.3 Å². The largest absolute Gasteiger partial charge is 0.478 e. The minimum absolute atomic E-state index is 0.0397. The molecule has 0 atom stereocenters. The van der Waals surface area contributed by atoms with Crippen molar-refractivity contribution in [3.05, 3.63) is 144 Å². The first-order valence-corrected chi connectivity index (χ1v) is 16.0. The molecule has 0 saturated carbocycles. The summed E-state index contributed by atoms with van der Waals surface area (Å²) in [7, 11) is -3.52. The number of carbonyl (C=O) groups is 4. The first kappa shape index (κ1) is 31.9. The first-order chi connectivity index (χ1) is 22.1. The van der Waals surface area contributed by atoms with Crippen molar-refractivity contribution in [2.24, 2.45) is 0 Å². The average molecular weight is 655 g/mol. The van der Waals surface area contributed by atoms with E-state index in [9.17, 15) is 39.6 Å². The minimum atomic E-state index is -1.76. The number of aromatic carboxylic acids is 4. The van der Waals surface area contributed by atoms with E-state index in [1.54, 1.807) is 72.8 Å². The van der Waals surface area contributed by atoms with Crippen molar-refractivity contribution < 1.29 is 48.7 Å². The van der Waals surface area contributed by atoms with Crippen molar-refractivity contribution in [3.63, 3.8) is 0 Å². The Labute approximate surface area is 264 Å². The van der Waals surface area contributed by atoms with Crippen LogP contribution in [0.3, 0.4) is 0 Å². The second-order valence-electron chi connectivity index (χ2n) is 9.67. The SMILES string of the molecule is O=C(O)c1cccc(P(Oc2cccc(OP(c3cccc(C(=O)O)c3)c3cccc(C(=O)O)c3)c2)c2cccc(C(=O)O)c2)c1. The summed E-state index contributed by atoms with van der Waals surface area (Å²) in [5.41, 5.74) is 0.159. The van der Waals surface area contributed by atoms with Gasteiger partial charge in [-0.3, -0.25) is 0 Å². The van der Waals surface area contributed by atoms with Crippen molar-refractivity contribution in [2.75, 3.05) is 0 Å². The zero-order valence-corrected chi connectivity index (χ0v) is 25.5. The molecule has 0 aliphatic rings. The quantitative estimate of drug-likeness (QED) is 0.129. The van der Waals surface area contributed by atoms with Crippen LogP contribution in [0, 0.1) is 0 Å². The van der Waals surface area contributed by atoms with E-state index in [4.69, 9.17) is 9.05 Å². The molecule has 230 valence electrons. The lowest BCUT2D eigenvalue weighted by atomic mass is 10.2. The lowest BCUT2D eigenvalue weighted by Gasteiger charge is -2.22. The monoisotopic (exact) mass is 654 g/mol. The van der Waals surface area contributed by atoms with E-state index in [1.807, 2.05) is 0 Å². The molecular formula is C34H24O10P2. The van der Waals surface area contributed by atoms with E-state index in [2.05, 4.69) is 0 Å². The predicted octanol–water partition coefficient (Wildman–Crippen LogP) is 5.33. The summed E-state index contributed by atoms with van der Waals surface area (Å²) in [5.74, 6) is -3.84. The highest BCUT2D eigenvalue weighted by Crippen LogP contribution is 2.41. The predicted molar refractivity (Wildman–Crippen MR) is 174 cm³/mol. The first-order valence-electron chi connectivity index (χ1n) is 13.5. The van der Waals surface area contributed by atoms with E-state index in [0.29, 0.717) is 32.7 Å². The maximum Gasteiger partial charge on any atom is 0.335 e. The van der Waals surface area contributed by atoms with E-state index >= 15 is 0 Å². The fourth-order valence-electron chi connectivity index (χ4n) is 4.37. The van der Waals surface area contributed by atoms with Crippen molar-refractivity contribution in [1.82, 2.24) is 0 Å². The van der Waals surface area contributed by atoms with Crippen molar-refractivity contribution in [2.45, 2.75) is 0 Å². The molecule has 5 rings (SSSR count). The molecule has 0 aromatic heterocycles. The number of rotatable bonds is 12. The van der Waals surface area contributed by atoms with Gasteiger partial charge in [-0.05, 0) is 60.7 Å². The maximum absolute atomic E-state index is 11.7. The van der Waals surface area contributed by atoms with Gasteiger partial charge in [0.2, 0.25) is 0 Å². The maximum atomic E-state index is 11.7. The molecule has 0 fully saturated rings. The van der Waals surface area contributed by atoms with Gasteiger partial charge in [-0.25, -0.2) is 19.2 Å². The van der Waals surface area contributed by atoms with Gasteiger partial charge in [-0.15, -0.1) is 0 Å². The topological polar surface area (TPSA) is 168 Å². The van der Waals surface area contributed by atoms with Crippen LogP contribution in [-0.4, -0.2) is 44.3 Å². The molecule has 0 aliphatic heterocycles. The van der Waals surface area contributed by atoms with Crippen LogP contribution in [-0.2, 0) is 0 Å². The van der Waals surface area contributed by atoms with Gasteiger partial charge in [0.1, 0.15) is 11.5 Å². The summed E-state index contributed by atoms with van der Waals surface area (Å²) in [6, 6.07) is 31.5. The van der Waals surface area contributed by atoms with Crippen molar-refractivity contribution >= 4 is 61.4 Å². The Morgan fingerprint density at radius 3 is 0.913 bits per heavy atom. The lowest BCUT2D eigenvalue weighted by Crippen LogP contribution is -2.19. The number of hydrogen-bond acceptors (Lipinski definition) is 6. The Morgan fingerprint density at radius 2 is 0.652 bits per heavy atom. The van der Waals surface area contributed by atoms with Gasteiger partial charge in [-0.2, -0.15) is 0 Å². The molecule has 5 aromatic rings. The summed E-state index contributed by atoms with van der Waals surface area (Å²) in [6.07, 6.45) is 0. The molecular weight excluding hydrogens is 630 g/mol. The molecule has 0 spiro atoms. The summed E-state index contributed by atoms with van der Waals surface area (Å²) >= 11 is 0. The molecule has 0 aliphatic carbocycles. The third kappa shape index (κ3) is 7.56. The Hall–Kier alpha value is -5.56. The van der Waals surface area contributed by atoms with E-state index < -0.39 is 40.2 Å². The lowest BCUT2D eigenvalue weighted by molar-refractivity contribution is 0.0686. The summed E-state index contributed by atoms with van der Waals surface area (Å²) in [6.45, 7) is 0. The molecule has 0 saturated heterocycles. The van der Waals surface area contributed by atoms with Crippen LogP contribution in [0.15, 0.2) is 121 Å². The highest BCUT2D eigenvalue weighted by Gasteiger charge is 2.23. The summed E-state index contributed by atoms with van der Waals surface area (Å²) in [4.78, 5) is 46.9. The molecule has 0 bridgehead atoms. The second-order valence-corrected chi connectivity index (χ2v) is 13.3. The zero-order valence-electron chi connectivity index (χ0n) is 23.7. The van der Waals surface area contributed by atoms with E-state index in [-0.39, 0.29) is 22.3 Å². The van der Waals surface area contributed by atoms with Gasteiger partial charge in [0.25, 0.3) is 0 Å². The highest BCUT2D eigenvalue weighted by atomic mass is 31.1. The van der Waals surface area contributed by atoms with Crippen LogP contribution in [0.2, 0.25) is 0 Å². The Kier molecular flexibility index (Phi) is 9.72. The third-order valence-corrected chi connectivity index (χ3v) is 10.3. The molecule has 5 aromatic carbocycles. The van der Waals surface area contributed by atoms with Gasteiger partial charge in [-0.1, -0.05) is 54.6 Å². The smallest absolute Gasteiger partial charge is 0.335 e. The molecule has 12 heteroatoms. The van der Waals surface area contributed by atoms with Crippen molar-refractivity contribution in [3.8, 4) is 11.5 Å². The second kappa shape index (κ2) is 14.0. The zero-order chi connectivity index (χ0) is 32.8. The highest BCUT2D eigenvalue weighted by molar-refractivity contribution is 7.69. The number of carboxylic acid groups (broad SMARTS) is 4. The number of carboxylic acids is 4. The Morgan fingerprint density at radius 1 is 0.391 bits per heavy atom. The minimum Gasteiger partial charge on any atom is -0.478 e. The van der Waals surface area contributed by atoms with Gasteiger partial charge >= 0.3 is 23.9 Å².